The van der Waals surface area contributed by atoms with Crippen LogP contribution in [0.4, 0.5) is 4.39 Å². The quantitative estimate of drug-likeness (QED) is 0.904. The van der Waals surface area contributed by atoms with Crippen LogP contribution < -0.4 is 5.73 Å². The van der Waals surface area contributed by atoms with E-state index in [9.17, 15) is 4.39 Å². The molecule has 2 rings (SSSR count). The van der Waals surface area contributed by atoms with Crippen LogP contribution in [0.5, 0.6) is 0 Å². The van der Waals surface area contributed by atoms with E-state index in [0.29, 0.717) is 22.8 Å². The molecule has 0 spiro atoms. The molecular weight excluding hydrogens is 233 g/mol. The van der Waals surface area contributed by atoms with Crippen LogP contribution in [-0.4, -0.2) is 10.1 Å². The number of aryl methyl sites for hydroxylation is 1. The van der Waals surface area contributed by atoms with E-state index < -0.39 is 0 Å². The second-order valence-corrected chi connectivity index (χ2v) is 4.32. The zero-order valence-corrected chi connectivity index (χ0v) is 10.5. The molecule has 5 heteroatoms. The first-order chi connectivity index (χ1) is 8.61. The number of rotatable bonds is 4. The molecule has 18 heavy (non-hydrogen) atoms. The van der Waals surface area contributed by atoms with Crippen molar-refractivity contribution in [3.8, 4) is 11.4 Å². The highest BCUT2D eigenvalue weighted by Gasteiger charge is 2.15. The fourth-order valence-corrected chi connectivity index (χ4v) is 1.67. The van der Waals surface area contributed by atoms with E-state index in [1.165, 1.54) is 6.07 Å². The summed E-state index contributed by atoms with van der Waals surface area (Å²) in [6, 6.07) is 4.59. The Balaban J connectivity index is 2.26. The fraction of sp³-hybridized carbons (Fsp3) is 0.385. The van der Waals surface area contributed by atoms with Gasteiger partial charge < -0.3 is 10.3 Å². The van der Waals surface area contributed by atoms with Gasteiger partial charge in [-0.2, -0.15) is 4.98 Å². The van der Waals surface area contributed by atoms with Gasteiger partial charge in [-0.05, 0) is 25.0 Å². The Morgan fingerprint density at radius 3 is 2.89 bits per heavy atom. The van der Waals surface area contributed by atoms with Crippen molar-refractivity contribution in [2.24, 2.45) is 5.73 Å². The summed E-state index contributed by atoms with van der Waals surface area (Å²) < 4.78 is 18.5. The summed E-state index contributed by atoms with van der Waals surface area (Å²) in [5.74, 6) is 0.486. The molecule has 96 valence electrons. The number of hydrogen-bond donors (Lipinski definition) is 1. The SMILES string of the molecule is CCCC(N)c1nc(-c2ccc(C)c(F)c2)no1. The maximum Gasteiger partial charge on any atom is 0.243 e. The fourth-order valence-electron chi connectivity index (χ4n) is 1.67. The predicted octanol–water partition coefficient (Wildman–Crippen LogP) is 2.98. The van der Waals surface area contributed by atoms with Crippen LogP contribution in [0.2, 0.25) is 0 Å². The third kappa shape index (κ3) is 2.56. The van der Waals surface area contributed by atoms with Gasteiger partial charge in [-0.3, -0.25) is 0 Å². The lowest BCUT2D eigenvalue weighted by atomic mass is 10.1. The maximum atomic E-state index is 13.4. The van der Waals surface area contributed by atoms with Crippen molar-refractivity contribution in [1.82, 2.24) is 10.1 Å². The summed E-state index contributed by atoms with van der Waals surface area (Å²) in [6.07, 6.45) is 1.72. The molecule has 1 aromatic carbocycles. The standard InChI is InChI=1S/C13H16FN3O/c1-3-4-11(15)13-16-12(17-18-13)9-6-5-8(2)10(14)7-9/h5-7,11H,3-4,15H2,1-2H3. The van der Waals surface area contributed by atoms with Gasteiger partial charge in [0.15, 0.2) is 0 Å². The first-order valence-corrected chi connectivity index (χ1v) is 5.97. The van der Waals surface area contributed by atoms with Gasteiger partial charge in [0.25, 0.3) is 0 Å². The van der Waals surface area contributed by atoms with E-state index in [1.807, 2.05) is 6.92 Å². The number of hydrogen-bond acceptors (Lipinski definition) is 4. The Hall–Kier alpha value is -1.75. The third-order valence-electron chi connectivity index (χ3n) is 2.79. The van der Waals surface area contributed by atoms with Crippen LogP contribution in [0.25, 0.3) is 11.4 Å². The van der Waals surface area contributed by atoms with E-state index in [4.69, 9.17) is 10.3 Å². The van der Waals surface area contributed by atoms with E-state index in [-0.39, 0.29) is 11.9 Å². The Morgan fingerprint density at radius 1 is 1.44 bits per heavy atom. The van der Waals surface area contributed by atoms with Crippen molar-refractivity contribution in [3.63, 3.8) is 0 Å². The maximum absolute atomic E-state index is 13.4. The Morgan fingerprint density at radius 2 is 2.22 bits per heavy atom. The van der Waals surface area contributed by atoms with Gasteiger partial charge in [-0.1, -0.05) is 30.6 Å². The van der Waals surface area contributed by atoms with Crippen LogP contribution in [0.15, 0.2) is 22.7 Å². The van der Waals surface area contributed by atoms with Crippen molar-refractivity contribution in [3.05, 3.63) is 35.5 Å². The molecule has 1 unspecified atom stereocenters. The van der Waals surface area contributed by atoms with Crippen molar-refractivity contribution in [1.29, 1.82) is 0 Å². The second kappa shape index (κ2) is 5.27. The van der Waals surface area contributed by atoms with Gasteiger partial charge in [0.2, 0.25) is 11.7 Å². The van der Waals surface area contributed by atoms with Crippen LogP contribution >= 0.6 is 0 Å². The first-order valence-electron chi connectivity index (χ1n) is 5.97. The molecule has 0 aliphatic rings. The molecule has 0 fully saturated rings. The minimum atomic E-state index is -0.281. The van der Waals surface area contributed by atoms with Crippen LogP contribution in [0.1, 0.15) is 37.3 Å². The average Bonchev–Trinajstić information content (AvgIpc) is 2.82. The number of aromatic nitrogens is 2. The zero-order chi connectivity index (χ0) is 13.1. The molecule has 0 bridgehead atoms. The first kappa shape index (κ1) is 12.7. The van der Waals surface area contributed by atoms with Crippen molar-refractivity contribution < 1.29 is 8.91 Å². The average molecular weight is 249 g/mol. The molecule has 2 aromatic rings. The van der Waals surface area contributed by atoms with Gasteiger partial charge in [0, 0.05) is 5.56 Å². The molecule has 1 aromatic heterocycles. The van der Waals surface area contributed by atoms with E-state index in [2.05, 4.69) is 10.1 Å². The summed E-state index contributed by atoms with van der Waals surface area (Å²) in [6.45, 7) is 3.74. The molecule has 0 saturated heterocycles. The van der Waals surface area contributed by atoms with E-state index in [1.54, 1.807) is 19.1 Å². The number of nitrogens with two attached hydrogens (primary N) is 1. The zero-order valence-electron chi connectivity index (χ0n) is 10.5. The van der Waals surface area contributed by atoms with Crippen LogP contribution in [0.3, 0.4) is 0 Å². The van der Waals surface area contributed by atoms with Gasteiger partial charge >= 0.3 is 0 Å². The monoisotopic (exact) mass is 249 g/mol. The molecule has 0 saturated carbocycles. The molecule has 0 aliphatic carbocycles. The molecule has 1 atom stereocenters. The van der Waals surface area contributed by atoms with Crippen LogP contribution in [0, 0.1) is 12.7 Å². The van der Waals surface area contributed by atoms with Gasteiger partial charge in [0.05, 0.1) is 6.04 Å². The van der Waals surface area contributed by atoms with Crippen molar-refractivity contribution in [2.75, 3.05) is 0 Å². The summed E-state index contributed by atoms with van der Waals surface area (Å²) in [4.78, 5) is 4.20. The van der Waals surface area contributed by atoms with Gasteiger partial charge in [-0.15, -0.1) is 0 Å². The topological polar surface area (TPSA) is 64.9 Å². The number of nitrogens with zero attached hydrogens (tertiary/aromatic N) is 2. The van der Waals surface area contributed by atoms with Gasteiger partial charge in [0.1, 0.15) is 5.82 Å². The highest BCUT2D eigenvalue weighted by atomic mass is 19.1. The van der Waals surface area contributed by atoms with Gasteiger partial charge in [-0.25, -0.2) is 4.39 Å². The van der Waals surface area contributed by atoms with Crippen molar-refractivity contribution >= 4 is 0 Å². The van der Waals surface area contributed by atoms with Crippen molar-refractivity contribution in [2.45, 2.75) is 32.7 Å². The normalized spacial score (nSPS) is 12.7. The number of benzene rings is 1. The van der Waals surface area contributed by atoms with E-state index >= 15 is 0 Å². The lowest BCUT2D eigenvalue weighted by molar-refractivity contribution is 0.348. The molecule has 0 amide bonds. The smallest absolute Gasteiger partial charge is 0.243 e. The predicted molar refractivity (Wildman–Crippen MR) is 66.3 cm³/mol. The summed E-state index contributed by atoms with van der Waals surface area (Å²) in [5, 5.41) is 3.83. The summed E-state index contributed by atoms with van der Waals surface area (Å²) in [7, 11) is 0. The largest absolute Gasteiger partial charge is 0.337 e. The Labute approximate surface area is 105 Å². The van der Waals surface area contributed by atoms with E-state index in [0.717, 1.165) is 12.8 Å². The molecule has 4 nitrogen and oxygen atoms in total. The minimum absolute atomic E-state index is 0.258. The second-order valence-electron chi connectivity index (χ2n) is 4.32. The summed E-state index contributed by atoms with van der Waals surface area (Å²) >= 11 is 0. The summed E-state index contributed by atoms with van der Waals surface area (Å²) in [5.41, 5.74) is 7.06. The lowest BCUT2D eigenvalue weighted by Crippen LogP contribution is -2.09. The molecule has 0 aliphatic heterocycles. The lowest BCUT2D eigenvalue weighted by Gasteiger charge is -2.02. The Bertz CT molecular complexity index is 539. The number of halogens is 1. The highest BCUT2D eigenvalue weighted by molar-refractivity contribution is 5.54. The Kier molecular flexibility index (Phi) is 3.72. The minimum Gasteiger partial charge on any atom is -0.337 e. The highest BCUT2D eigenvalue weighted by Crippen LogP contribution is 2.21. The molecule has 1 heterocycles. The molecule has 0 radical (unpaired) electrons. The third-order valence-corrected chi connectivity index (χ3v) is 2.79. The van der Waals surface area contributed by atoms with Crippen LogP contribution in [-0.2, 0) is 0 Å². The molecular formula is C13H16FN3O. The molecule has 2 N–H and O–H groups in total.